The molecule has 1 saturated heterocycles. The Balaban J connectivity index is 2.58. The first-order valence-corrected chi connectivity index (χ1v) is 24.2. The summed E-state index contributed by atoms with van der Waals surface area (Å²) in [7, 11) is -3.11. The molecule has 0 unspecified atom stereocenters. The Morgan fingerprint density at radius 2 is 1.59 bits per heavy atom. The number of ether oxygens (including phenoxy) is 3. The number of cyclic esters (lactones) is 1. The summed E-state index contributed by atoms with van der Waals surface area (Å²) in [6, 6.07) is 7.39. The van der Waals surface area contributed by atoms with Crippen molar-refractivity contribution >= 4 is 28.6 Å². The van der Waals surface area contributed by atoms with Crippen molar-refractivity contribution in [2.45, 2.75) is 130 Å². The lowest BCUT2D eigenvalue weighted by Gasteiger charge is -2.45. The van der Waals surface area contributed by atoms with E-state index in [2.05, 4.69) is 87.3 Å². The molecule has 1 N–H and O–H groups in total. The number of aliphatic hydroxyl groups is 1. The Morgan fingerprint density at radius 3 is 2.08 bits per heavy atom. The van der Waals surface area contributed by atoms with Crippen molar-refractivity contribution in [3.05, 3.63) is 54.1 Å². The van der Waals surface area contributed by atoms with Gasteiger partial charge in [-0.1, -0.05) is 86.6 Å². The van der Waals surface area contributed by atoms with E-state index in [4.69, 9.17) is 23.1 Å². The Bertz CT molecular complexity index is 1330. The van der Waals surface area contributed by atoms with Crippen LogP contribution in [0.15, 0.2) is 48.6 Å². The number of aliphatic hydroxyl groups excluding tert-OH is 1. The highest BCUT2D eigenvalue weighted by atomic mass is 28.4. The smallest absolute Gasteiger partial charge is 0.417 e. The molecule has 2 rings (SSSR count). The average Bonchev–Trinajstić information content (AvgIpc) is 3.41. The van der Waals surface area contributed by atoms with E-state index < -0.39 is 58.7 Å². The van der Waals surface area contributed by atoms with Gasteiger partial charge in [-0.2, -0.15) is 0 Å². The summed E-state index contributed by atoms with van der Waals surface area (Å²) in [6.45, 7) is 35.0. The van der Waals surface area contributed by atoms with Gasteiger partial charge in [0.25, 0.3) is 0 Å². The molecule has 1 fully saturated rings. The maximum absolute atomic E-state index is 14.2. The Morgan fingerprint density at radius 1 is 1.02 bits per heavy atom. The Kier molecular flexibility index (Phi) is 16.0. The summed E-state index contributed by atoms with van der Waals surface area (Å²) < 4.78 is 30.7. The number of carbonyl (C=O) groups excluding carboxylic acids is 2. The number of benzene rings is 1. The van der Waals surface area contributed by atoms with Crippen molar-refractivity contribution < 1.29 is 37.8 Å². The molecule has 51 heavy (non-hydrogen) atoms. The third-order valence-corrected chi connectivity index (χ3v) is 20.1. The lowest BCUT2D eigenvalue weighted by Crippen LogP contribution is -2.54. The quantitative estimate of drug-likeness (QED) is 0.117. The molecule has 1 aromatic rings. The predicted molar refractivity (Wildman–Crippen MR) is 211 cm³/mol. The molecule has 290 valence electrons. The SMILES string of the molecule is C=C[C@@H](C(=O)N1C(=O)OC[C@H]1C(C)C)[C@@H](O)[C@H](CO[Si](C)(C)C(C)(C)C)[C@H](O[Si](C)(C)C(C)(C)C)/C(C)=C/[C@@H](C)COCc1ccc(OC)cc1. The van der Waals surface area contributed by atoms with Crippen LogP contribution in [0.5, 0.6) is 5.75 Å². The summed E-state index contributed by atoms with van der Waals surface area (Å²) in [5.41, 5.74) is 1.98. The van der Waals surface area contributed by atoms with Gasteiger partial charge in [-0.05, 0) is 78.3 Å². The van der Waals surface area contributed by atoms with Crippen molar-refractivity contribution in [1.82, 2.24) is 4.90 Å². The highest BCUT2D eigenvalue weighted by Crippen LogP contribution is 2.42. The fraction of sp³-hybridized carbons (Fsp3) is 0.700. The average molecular weight is 748 g/mol. The van der Waals surface area contributed by atoms with Crippen LogP contribution in [-0.4, -0.2) is 83.8 Å². The van der Waals surface area contributed by atoms with Crippen molar-refractivity contribution in [1.29, 1.82) is 0 Å². The Labute approximate surface area is 311 Å². The fourth-order valence-corrected chi connectivity index (χ4v) is 7.96. The number of carbonyl (C=O) groups is 2. The fourth-order valence-electron chi connectivity index (χ4n) is 5.57. The molecule has 0 aromatic heterocycles. The molecular weight excluding hydrogens is 679 g/mol. The number of methoxy groups -OCH3 is 1. The molecule has 0 spiro atoms. The molecule has 1 aromatic carbocycles. The number of rotatable bonds is 18. The van der Waals surface area contributed by atoms with Gasteiger partial charge in [-0.25, -0.2) is 9.69 Å². The number of hydrogen-bond acceptors (Lipinski definition) is 8. The molecule has 1 aliphatic heterocycles. The first-order valence-electron chi connectivity index (χ1n) is 18.4. The van der Waals surface area contributed by atoms with Crippen LogP contribution in [0.2, 0.25) is 36.3 Å². The number of nitrogens with zero attached hydrogens (tertiary/aromatic N) is 1. The first kappa shape index (κ1) is 44.9. The maximum Gasteiger partial charge on any atom is 0.417 e. The van der Waals surface area contributed by atoms with Crippen LogP contribution in [0.4, 0.5) is 4.79 Å². The van der Waals surface area contributed by atoms with Crippen molar-refractivity contribution in [3.63, 3.8) is 0 Å². The monoisotopic (exact) mass is 747 g/mol. The van der Waals surface area contributed by atoms with E-state index in [9.17, 15) is 14.7 Å². The minimum atomic E-state index is -2.45. The van der Waals surface area contributed by atoms with Crippen LogP contribution in [0.25, 0.3) is 0 Å². The van der Waals surface area contributed by atoms with Crippen LogP contribution in [-0.2, 0) is 29.7 Å². The van der Waals surface area contributed by atoms with Crippen molar-refractivity contribution in [2.75, 3.05) is 26.9 Å². The molecule has 0 saturated carbocycles. The maximum atomic E-state index is 14.2. The number of imide groups is 1. The number of hydrogen-bond donors (Lipinski definition) is 1. The van der Waals surface area contributed by atoms with Crippen molar-refractivity contribution in [2.24, 2.45) is 23.7 Å². The Hall–Kier alpha value is -2.29. The zero-order valence-corrected chi connectivity index (χ0v) is 36.3. The number of amides is 2. The van der Waals surface area contributed by atoms with Gasteiger partial charge >= 0.3 is 6.09 Å². The van der Waals surface area contributed by atoms with Gasteiger partial charge in [-0.3, -0.25) is 4.79 Å². The molecule has 1 aliphatic rings. The summed E-state index contributed by atoms with van der Waals surface area (Å²) in [5, 5.41) is 12.2. The third kappa shape index (κ3) is 11.9. The van der Waals surface area contributed by atoms with Gasteiger partial charge in [0.2, 0.25) is 5.91 Å². The van der Waals surface area contributed by atoms with Gasteiger partial charge in [0.15, 0.2) is 16.6 Å². The largest absolute Gasteiger partial charge is 0.497 e. The molecule has 2 amide bonds. The zero-order valence-electron chi connectivity index (χ0n) is 34.3. The molecule has 1 heterocycles. The molecular formula is C40H69NO8Si2. The second-order valence-corrected chi connectivity index (χ2v) is 27.2. The van der Waals surface area contributed by atoms with E-state index in [0.717, 1.165) is 16.9 Å². The highest BCUT2D eigenvalue weighted by Gasteiger charge is 2.49. The van der Waals surface area contributed by atoms with Gasteiger partial charge in [0.05, 0.1) is 44.5 Å². The third-order valence-electron chi connectivity index (χ3n) is 11.1. The molecule has 0 aliphatic carbocycles. The molecule has 9 nitrogen and oxygen atoms in total. The van der Waals surface area contributed by atoms with E-state index in [1.54, 1.807) is 7.11 Å². The van der Waals surface area contributed by atoms with Crippen LogP contribution in [0.3, 0.4) is 0 Å². The summed E-state index contributed by atoms with van der Waals surface area (Å²) in [5.74, 6) is -1.46. The summed E-state index contributed by atoms with van der Waals surface area (Å²) in [4.78, 5) is 28.2. The normalized spacial score (nSPS) is 19.4. The van der Waals surface area contributed by atoms with E-state index in [-0.39, 0.29) is 35.1 Å². The molecule has 11 heteroatoms. The predicted octanol–water partition coefficient (Wildman–Crippen LogP) is 8.99. The van der Waals surface area contributed by atoms with Crippen molar-refractivity contribution in [3.8, 4) is 5.75 Å². The van der Waals surface area contributed by atoms with E-state index >= 15 is 0 Å². The van der Waals surface area contributed by atoms with Gasteiger partial charge in [0.1, 0.15) is 12.4 Å². The molecule has 0 radical (unpaired) electrons. The van der Waals surface area contributed by atoms with Gasteiger partial charge in [0, 0.05) is 12.5 Å². The summed E-state index contributed by atoms with van der Waals surface area (Å²) in [6.07, 6.45) is 1.06. The van der Waals surface area contributed by atoms with Gasteiger partial charge in [-0.15, -0.1) is 6.58 Å². The molecule has 0 bridgehead atoms. The minimum Gasteiger partial charge on any atom is -0.497 e. The lowest BCUT2D eigenvalue weighted by molar-refractivity contribution is -0.138. The second kappa shape index (κ2) is 18.2. The minimum absolute atomic E-state index is 0.0194. The summed E-state index contributed by atoms with van der Waals surface area (Å²) >= 11 is 0. The lowest BCUT2D eigenvalue weighted by atomic mass is 9.83. The van der Waals surface area contributed by atoms with E-state index in [0.29, 0.717) is 13.2 Å². The zero-order chi connectivity index (χ0) is 39.1. The van der Waals surface area contributed by atoms with Crippen LogP contribution >= 0.6 is 0 Å². The highest BCUT2D eigenvalue weighted by molar-refractivity contribution is 6.74. The standard InChI is InChI=1S/C40H69NO8Si2/c1-17-32(37(43)41-34(27(2)3)26-47-38(41)44)35(42)33(25-48-50(13,14)39(6,7)8)36(49-51(15,16)40(9,10)11)29(5)22-28(4)23-46-24-30-18-20-31(45-12)21-19-30/h17-22,27-28,32-36,42H,1,23-26H2,2-16H3/b29-22+/t28-,32-,33+,34+,35-,36-/m1/s1. The van der Waals surface area contributed by atoms with E-state index in [1.807, 2.05) is 45.0 Å². The first-order chi connectivity index (χ1) is 23.4. The van der Waals surface area contributed by atoms with Crippen LogP contribution in [0, 0.1) is 23.7 Å². The van der Waals surface area contributed by atoms with E-state index in [1.165, 1.54) is 11.0 Å². The second-order valence-electron chi connectivity index (χ2n) is 17.6. The van der Waals surface area contributed by atoms with Crippen LogP contribution < -0.4 is 4.74 Å². The van der Waals surface area contributed by atoms with Gasteiger partial charge < -0.3 is 28.2 Å². The topological polar surface area (TPSA) is 104 Å². The molecule has 6 atom stereocenters. The van der Waals surface area contributed by atoms with Crippen LogP contribution in [0.1, 0.15) is 74.8 Å².